The van der Waals surface area contributed by atoms with E-state index in [-0.39, 0.29) is 12.0 Å². The maximum Gasteiger partial charge on any atom is 0.254 e. The Morgan fingerprint density at radius 3 is 2.62 bits per heavy atom. The van der Waals surface area contributed by atoms with Crippen molar-refractivity contribution in [3.63, 3.8) is 0 Å². The van der Waals surface area contributed by atoms with Crippen molar-refractivity contribution in [2.24, 2.45) is 18.5 Å². The highest BCUT2D eigenvalue weighted by atomic mass is 16.3. The maximum atomic E-state index is 12.8. The summed E-state index contributed by atoms with van der Waals surface area (Å²) >= 11 is 0. The van der Waals surface area contributed by atoms with Crippen LogP contribution in [0.3, 0.4) is 0 Å². The molecule has 0 bridgehead atoms. The fraction of sp³-hybridized carbons (Fsp3) is 0.280. The van der Waals surface area contributed by atoms with Crippen LogP contribution < -0.4 is 37.6 Å². The summed E-state index contributed by atoms with van der Waals surface area (Å²) in [4.78, 5) is 19.6. The Hall–Kier alpha value is -3.98. The van der Waals surface area contributed by atoms with E-state index in [0.29, 0.717) is 23.6 Å². The third-order valence-electron chi connectivity index (χ3n) is 6.69. The van der Waals surface area contributed by atoms with E-state index in [4.69, 9.17) is 11.5 Å². The van der Waals surface area contributed by atoms with E-state index in [1.54, 1.807) is 6.20 Å². The summed E-state index contributed by atoms with van der Waals surface area (Å²) in [6.45, 7) is 2.07. The van der Waals surface area contributed by atoms with Gasteiger partial charge in [-0.1, -0.05) is 6.07 Å². The standard InChI is InChI=1S/C25H29N7O2/c1-31-14-20(18(10-26)22(31)11-27)17-3-4-21(24-19(17)13-29-25(24)34)30-23-5-2-15(12-28-23)32-8-6-16(33)7-9-32/h2-5,10-12,14,16,33H,6-9,13,26-27H2,1H3,(H,28,30)(H,29,34)/b18-10-,22-11+. The SMILES string of the molecule is Cn1cc(-c2ccc(Nc3ccc(N4CCC(O)CC4)cn3)c3c2CNC3=O)c(=C/N)/c1=C\N. The monoisotopic (exact) mass is 459 g/mol. The molecule has 2 aliphatic heterocycles. The van der Waals surface area contributed by atoms with E-state index in [0.717, 1.165) is 58.9 Å². The van der Waals surface area contributed by atoms with Gasteiger partial charge in [-0.15, -0.1) is 0 Å². The molecule has 2 aliphatic rings. The number of anilines is 3. The lowest BCUT2D eigenvalue weighted by molar-refractivity contribution is 0.0966. The van der Waals surface area contributed by atoms with Crippen molar-refractivity contribution in [1.82, 2.24) is 14.9 Å². The minimum atomic E-state index is -0.212. The second-order valence-electron chi connectivity index (χ2n) is 8.73. The number of aliphatic hydroxyl groups excluding tert-OH is 1. The summed E-state index contributed by atoms with van der Waals surface area (Å²) in [5.74, 6) is 0.536. The number of hydrogen-bond donors (Lipinski definition) is 5. The summed E-state index contributed by atoms with van der Waals surface area (Å²) in [7, 11) is 1.91. The third-order valence-corrected chi connectivity index (χ3v) is 6.69. The molecule has 9 heteroatoms. The van der Waals surface area contributed by atoms with Crippen molar-refractivity contribution in [2.45, 2.75) is 25.5 Å². The van der Waals surface area contributed by atoms with Gasteiger partial charge in [0, 0.05) is 56.1 Å². The molecule has 7 N–H and O–H groups in total. The van der Waals surface area contributed by atoms with Gasteiger partial charge in [0.05, 0.1) is 34.6 Å². The van der Waals surface area contributed by atoms with E-state index in [9.17, 15) is 9.90 Å². The van der Waals surface area contributed by atoms with Crippen LogP contribution >= 0.6 is 0 Å². The molecule has 9 nitrogen and oxygen atoms in total. The van der Waals surface area contributed by atoms with Crippen LogP contribution in [0, 0.1) is 0 Å². The van der Waals surface area contributed by atoms with Gasteiger partial charge in [0.1, 0.15) is 5.82 Å². The predicted octanol–water partition coefficient (Wildman–Crippen LogP) is 0.429. The van der Waals surface area contributed by atoms with Crippen LogP contribution in [0.4, 0.5) is 17.2 Å². The minimum Gasteiger partial charge on any atom is -0.404 e. The van der Waals surface area contributed by atoms with Crippen molar-refractivity contribution >= 4 is 35.5 Å². The number of aliphatic hydroxyl groups is 1. The zero-order valence-electron chi connectivity index (χ0n) is 19.1. The summed E-state index contributed by atoms with van der Waals surface area (Å²) in [5, 5.41) is 17.6. The van der Waals surface area contributed by atoms with Crippen molar-refractivity contribution in [3.05, 3.63) is 58.4 Å². The Kier molecular flexibility index (Phi) is 5.62. The molecule has 2 aromatic heterocycles. The number of piperidine rings is 1. The number of aromatic nitrogens is 2. The minimum absolute atomic E-state index is 0.123. The molecule has 1 fully saturated rings. The highest BCUT2D eigenvalue weighted by molar-refractivity contribution is 6.06. The summed E-state index contributed by atoms with van der Waals surface area (Å²) < 4.78 is 1.92. The van der Waals surface area contributed by atoms with Gasteiger partial charge in [0.2, 0.25) is 0 Å². The third kappa shape index (κ3) is 3.73. The first-order valence-corrected chi connectivity index (χ1v) is 11.4. The molecule has 1 amide bonds. The molecular formula is C25H29N7O2. The van der Waals surface area contributed by atoms with Gasteiger partial charge in [0.15, 0.2) is 0 Å². The highest BCUT2D eigenvalue weighted by Gasteiger charge is 2.27. The number of aryl methyl sites for hydroxylation is 1. The largest absolute Gasteiger partial charge is 0.404 e. The molecule has 0 aliphatic carbocycles. The van der Waals surface area contributed by atoms with Gasteiger partial charge in [-0.25, -0.2) is 4.98 Å². The van der Waals surface area contributed by atoms with Crippen molar-refractivity contribution < 1.29 is 9.90 Å². The Labute approximate surface area is 197 Å². The number of amides is 1. The number of pyridine rings is 1. The fourth-order valence-corrected chi connectivity index (χ4v) is 4.87. The van der Waals surface area contributed by atoms with Crippen LogP contribution in [-0.2, 0) is 13.6 Å². The first-order valence-electron chi connectivity index (χ1n) is 11.4. The molecule has 5 rings (SSSR count). The van der Waals surface area contributed by atoms with Crippen molar-refractivity contribution in [1.29, 1.82) is 0 Å². The topological polar surface area (TPSA) is 134 Å². The lowest BCUT2D eigenvalue weighted by Gasteiger charge is -2.31. The van der Waals surface area contributed by atoms with Gasteiger partial charge < -0.3 is 36.7 Å². The average molecular weight is 460 g/mol. The van der Waals surface area contributed by atoms with Crippen LogP contribution in [0.2, 0.25) is 0 Å². The summed E-state index contributed by atoms with van der Waals surface area (Å²) in [6, 6.07) is 7.83. The van der Waals surface area contributed by atoms with Crippen molar-refractivity contribution in [2.75, 3.05) is 23.3 Å². The number of nitrogens with one attached hydrogen (secondary N) is 2. The highest BCUT2D eigenvalue weighted by Crippen LogP contribution is 2.34. The van der Waals surface area contributed by atoms with Gasteiger partial charge in [-0.3, -0.25) is 4.79 Å². The van der Waals surface area contributed by atoms with Crippen LogP contribution in [0.25, 0.3) is 23.5 Å². The molecule has 34 heavy (non-hydrogen) atoms. The Bertz CT molecular complexity index is 1350. The Morgan fingerprint density at radius 1 is 1.15 bits per heavy atom. The molecule has 3 aromatic rings. The summed E-state index contributed by atoms with van der Waals surface area (Å²) in [6.07, 6.45) is 8.20. The molecule has 0 atom stereocenters. The number of fused-ring (bicyclic) bond motifs is 1. The van der Waals surface area contributed by atoms with Crippen LogP contribution in [0.5, 0.6) is 0 Å². The number of benzene rings is 1. The molecule has 0 unspecified atom stereocenters. The number of nitrogens with two attached hydrogens (primary N) is 2. The van der Waals surface area contributed by atoms with Crippen LogP contribution in [0.1, 0.15) is 28.8 Å². The number of hydrogen-bond acceptors (Lipinski definition) is 7. The molecule has 1 saturated heterocycles. The molecular weight excluding hydrogens is 430 g/mol. The van der Waals surface area contributed by atoms with E-state index in [2.05, 4.69) is 20.5 Å². The van der Waals surface area contributed by atoms with Gasteiger partial charge in [-0.2, -0.15) is 0 Å². The lowest BCUT2D eigenvalue weighted by Crippen LogP contribution is -2.35. The number of carbonyl (C=O) groups is 1. The second-order valence-corrected chi connectivity index (χ2v) is 8.73. The second kappa shape index (κ2) is 8.75. The van der Waals surface area contributed by atoms with Crippen LogP contribution in [-0.4, -0.2) is 39.8 Å². The molecule has 176 valence electrons. The van der Waals surface area contributed by atoms with Gasteiger partial charge >= 0.3 is 0 Å². The van der Waals surface area contributed by atoms with Gasteiger partial charge in [0.25, 0.3) is 5.91 Å². The molecule has 1 aromatic carbocycles. The summed E-state index contributed by atoms with van der Waals surface area (Å²) in [5.41, 5.74) is 16.8. The molecule has 0 spiro atoms. The first kappa shape index (κ1) is 21.8. The first-order chi connectivity index (χ1) is 16.5. The fourth-order valence-electron chi connectivity index (χ4n) is 4.87. The quantitative estimate of drug-likeness (QED) is 0.382. The number of nitrogens with zero attached hydrogens (tertiary/aromatic N) is 3. The Balaban J connectivity index is 1.47. The van der Waals surface area contributed by atoms with Gasteiger partial charge in [-0.05, 0) is 42.2 Å². The zero-order valence-corrected chi connectivity index (χ0v) is 19.1. The maximum absolute atomic E-state index is 12.8. The zero-order chi connectivity index (χ0) is 23.8. The lowest BCUT2D eigenvalue weighted by atomic mass is 9.96. The number of rotatable bonds is 4. The molecule has 0 saturated carbocycles. The van der Waals surface area contributed by atoms with E-state index in [1.165, 1.54) is 6.20 Å². The Morgan fingerprint density at radius 2 is 1.94 bits per heavy atom. The van der Waals surface area contributed by atoms with E-state index in [1.807, 2.05) is 48.3 Å². The van der Waals surface area contributed by atoms with Crippen molar-refractivity contribution in [3.8, 4) is 11.1 Å². The average Bonchev–Trinajstić information content (AvgIpc) is 3.40. The molecule has 0 radical (unpaired) electrons. The number of carbonyl (C=O) groups excluding carboxylic acids is 1. The molecule has 4 heterocycles. The van der Waals surface area contributed by atoms with Crippen LogP contribution in [0.15, 0.2) is 36.7 Å². The van der Waals surface area contributed by atoms with E-state index >= 15 is 0 Å². The smallest absolute Gasteiger partial charge is 0.254 e. The van der Waals surface area contributed by atoms with E-state index < -0.39 is 0 Å². The normalized spacial score (nSPS) is 17.2. The predicted molar refractivity (Wildman–Crippen MR) is 134 cm³/mol.